The van der Waals surface area contributed by atoms with Gasteiger partial charge >= 0.3 is 0 Å². The minimum atomic E-state index is -0.474. The number of pyridine rings is 1. The van der Waals surface area contributed by atoms with Crippen molar-refractivity contribution >= 4 is 0 Å². The van der Waals surface area contributed by atoms with Crippen LogP contribution in [0.4, 0.5) is 0 Å². The van der Waals surface area contributed by atoms with Crippen LogP contribution in [0.3, 0.4) is 0 Å². The van der Waals surface area contributed by atoms with Gasteiger partial charge in [-0.05, 0) is 55.9 Å². The zero-order valence-corrected chi connectivity index (χ0v) is 14.4. The molecule has 23 heavy (non-hydrogen) atoms. The van der Waals surface area contributed by atoms with Crippen molar-refractivity contribution < 1.29 is 5.11 Å². The van der Waals surface area contributed by atoms with Crippen molar-refractivity contribution in [3.8, 4) is 23.7 Å². The molecule has 2 aliphatic carbocycles. The highest BCUT2D eigenvalue weighted by Gasteiger charge is 2.34. The van der Waals surface area contributed by atoms with Crippen LogP contribution in [-0.2, 0) is 6.42 Å². The van der Waals surface area contributed by atoms with Crippen molar-refractivity contribution in [2.75, 3.05) is 0 Å². The number of nitrogens with zero attached hydrogens (tertiary/aromatic N) is 1. The molecule has 1 N–H and O–H groups in total. The van der Waals surface area contributed by atoms with Gasteiger partial charge < -0.3 is 5.11 Å². The second-order valence-corrected chi connectivity index (χ2v) is 7.62. The molecule has 120 valence electrons. The molecule has 0 radical (unpaired) electrons. The van der Waals surface area contributed by atoms with E-state index in [1.807, 2.05) is 0 Å². The molecule has 1 heterocycles. The molecule has 0 unspecified atom stereocenters. The molecule has 1 saturated carbocycles. The van der Waals surface area contributed by atoms with Crippen molar-refractivity contribution in [1.29, 1.82) is 0 Å². The van der Waals surface area contributed by atoms with E-state index in [2.05, 4.69) is 43.6 Å². The maximum atomic E-state index is 10.6. The Kier molecular flexibility index (Phi) is 4.47. The standard InChI is InChI=1S/C21H25NO/c1-4-5-6-11-16-12-17(15-9-7-8-10-15)22-18-13-21(2,3)14-19(23)20(16)18/h12,15,19,23H,7-10,13-14H2,1-3H3/t19-/m0/s1. The lowest BCUT2D eigenvalue weighted by Gasteiger charge is -2.35. The number of aliphatic hydroxyl groups excluding tert-OH is 1. The fourth-order valence-corrected chi connectivity index (χ4v) is 3.98. The predicted octanol–water partition coefficient (Wildman–Crippen LogP) is 4.12. The maximum Gasteiger partial charge on any atom is 0.0825 e. The molecule has 1 fully saturated rings. The first-order valence-electron chi connectivity index (χ1n) is 8.65. The van der Waals surface area contributed by atoms with Gasteiger partial charge in [0.05, 0.1) is 6.10 Å². The topological polar surface area (TPSA) is 33.1 Å². The van der Waals surface area contributed by atoms with Gasteiger partial charge in [0.2, 0.25) is 0 Å². The van der Waals surface area contributed by atoms with Crippen LogP contribution in [0.15, 0.2) is 6.07 Å². The molecule has 1 atom stereocenters. The summed E-state index contributed by atoms with van der Waals surface area (Å²) in [7, 11) is 0. The van der Waals surface area contributed by atoms with Gasteiger partial charge in [0.1, 0.15) is 0 Å². The molecule has 1 aromatic rings. The summed E-state index contributed by atoms with van der Waals surface area (Å²) in [5, 5.41) is 10.6. The van der Waals surface area contributed by atoms with Gasteiger partial charge in [-0.2, -0.15) is 0 Å². The summed E-state index contributed by atoms with van der Waals surface area (Å²) in [5.41, 5.74) is 4.17. The minimum Gasteiger partial charge on any atom is -0.388 e. The summed E-state index contributed by atoms with van der Waals surface area (Å²) in [6, 6.07) is 2.11. The van der Waals surface area contributed by atoms with Crippen molar-refractivity contribution in [2.45, 2.75) is 71.3 Å². The van der Waals surface area contributed by atoms with E-state index in [1.54, 1.807) is 6.92 Å². The number of aromatic nitrogens is 1. The van der Waals surface area contributed by atoms with Crippen molar-refractivity contribution in [3.63, 3.8) is 0 Å². The molecule has 3 rings (SSSR count). The highest BCUT2D eigenvalue weighted by Crippen LogP contribution is 2.43. The normalized spacial score (nSPS) is 22.5. The van der Waals surface area contributed by atoms with Crippen LogP contribution in [0.1, 0.15) is 87.4 Å². The molecule has 0 bridgehead atoms. The average Bonchev–Trinajstić information content (AvgIpc) is 2.99. The molecule has 2 heteroatoms. The summed E-state index contributed by atoms with van der Waals surface area (Å²) in [4.78, 5) is 4.97. The summed E-state index contributed by atoms with van der Waals surface area (Å²) in [5.74, 6) is 12.3. The lowest BCUT2D eigenvalue weighted by Crippen LogP contribution is -2.28. The zero-order valence-electron chi connectivity index (χ0n) is 14.4. The summed E-state index contributed by atoms with van der Waals surface area (Å²) in [6.45, 7) is 6.20. The number of fused-ring (bicyclic) bond motifs is 1. The van der Waals surface area contributed by atoms with E-state index in [4.69, 9.17) is 4.98 Å². The van der Waals surface area contributed by atoms with E-state index in [9.17, 15) is 5.11 Å². The first kappa shape index (κ1) is 16.1. The van der Waals surface area contributed by atoms with Gasteiger partial charge in [-0.15, -0.1) is 0 Å². The van der Waals surface area contributed by atoms with Gasteiger partial charge in [0.15, 0.2) is 0 Å². The number of rotatable bonds is 1. The molecule has 0 spiro atoms. The Morgan fingerprint density at radius 3 is 2.65 bits per heavy atom. The molecule has 0 aliphatic heterocycles. The highest BCUT2D eigenvalue weighted by atomic mass is 16.3. The average molecular weight is 307 g/mol. The largest absolute Gasteiger partial charge is 0.388 e. The van der Waals surface area contributed by atoms with Crippen LogP contribution in [-0.4, -0.2) is 10.1 Å². The van der Waals surface area contributed by atoms with Crippen LogP contribution in [0, 0.1) is 29.1 Å². The molecule has 0 aromatic carbocycles. The Morgan fingerprint density at radius 2 is 1.96 bits per heavy atom. The fourth-order valence-electron chi connectivity index (χ4n) is 3.98. The lowest BCUT2D eigenvalue weighted by atomic mass is 9.73. The van der Waals surface area contributed by atoms with Crippen molar-refractivity contribution in [1.82, 2.24) is 4.98 Å². The lowest BCUT2D eigenvalue weighted by molar-refractivity contribution is 0.0978. The Hall–Kier alpha value is -1.77. The van der Waals surface area contributed by atoms with E-state index in [0.717, 1.165) is 29.7 Å². The Balaban J connectivity index is 2.10. The van der Waals surface area contributed by atoms with Gasteiger partial charge in [0, 0.05) is 28.4 Å². The molecule has 2 aliphatic rings. The third kappa shape index (κ3) is 3.44. The second kappa shape index (κ2) is 6.38. The predicted molar refractivity (Wildman–Crippen MR) is 92.8 cm³/mol. The third-order valence-corrected chi connectivity index (χ3v) is 5.04. The Labute approximate surface area is 139 Å². The first-order valence-corrected chi connectivity index (χ1v) is 8.65. The van der Waals surface area contributed by atoms with Crippen LogP contribution in [0.2, 0.25) is 0 Å². The zero-order chi connectivity index (χ0) is 16.4. The van der Waals surface area contributed by atoms with E-state index >= 15 is 0 Å². The second-order valence-electron chi connectivity index (χ2n) is 7.62. The van der Waals surface area contributed by atoms with E-state index in [0.29, 0.717) is 5.92 Å². The summed E-state index contributed by atoms with van der Waals surface area (Å²) in [6.07, 6.45) is 6.23. The molecule has 2 nitrogen and oxygen atoms in total. The molecule has 0 saturated heterocycles. The smallest absolute Gasteiger partial charge is 0.0825 e. The maximum absolute atomic E-state index is 10.6. The molecule has 0 amide bonds. The molecule has 1 aromatic heterocycles. The van der Waals surface area contributed by atoms with Gasteiger partial charge in [-0.1, -0.05) is 38.5 Å². The number of hydrogen-bond acceptors (Lipinski definition) is 2. The summed E-state index contributed by atoms with van der Waals surface area (Å²) < 4.78 is 0. The van der Waals surface area contributed by atoms with Crippen LogP contribution in [0.25, 0.3) is 0 Å². The van der Waals surface area contributed by atoms with Crippen LogP contribution >= 0.6 is 0 Å². The van der Waals surface area contributed by atoms with Gasteiger partial charge in [-0.25, -0.2) is 0 Å². The van der Waals surface area contributed by atoms with Crippen molar-refractivity contribution in [2.24, 2.45) is 5.41 Å². The SMILES string of the molecule is CC#CC#Cc1cc(C2CCCC2)nc2c1[C@@H](O)CC(C)(C)C2. The van der Waals surface area contributed by atoms with Gasteiger partial charge in [-0.3, -0.25) is 4.98 Å². The highest BCUT2D eigenvalue weighted by molar-refractivity contribution is 5.50. The summed E-state index contributed by atoms with van der Waals surface area (Å²) >= 11 is 0. The fraction of sp³-hybridized carbons (Fsp3) is 0.571. The van der Waals surface area contributed by atoms with Crippen LogP contribution < -0.4 is 0 Å². The number of aliphatic hydroxyl groups is 1. The number of hydrogen-bond donors (Lipinski definition) is 1. The minimum absolute atomic E-state index is 0.0850. The van der Waals surface area contributed by atoms with Crippen LogP contribution in [0.5, 0.6) is 0 Å². The Bertz CT molecular complexity index is 718. The van der Waals surface area contributed by atoms with E-state index < -0.39 is 6.10 Å². The third-order valence-electron chi connectivity index (χ3n) is 5.04. The first-order chi connectivity index (χ1) is 11.0. The Morgan fingerprint density at radius 1 is 1.22 bits per heavy atom. The van der Waals surface area contributed by atoms with E-state index in [1.165, 1.54) is 31.4 Å². The van der Waals surface area contributed by atoms with E-state index in [-0.39, 0.29) is 5.41 Å². The quantitative estimate of drug-likeness (QED) is 0.792. The monoisotopic (exact) mass is 307 g/mol. The molecular weight excluding hydrogens is 282 g/mol. The van der Waals surface area contributed by atoms with Gasteiger partial charge in [0.25, 0.3) is 0 Å². The van der Waals surface area contributed by atoms with Crippen molar-refractivity contribution in [3.05, 3.63) is 28.6 Å². The molecular formula is C21H25NO.